The first-order chi connectivity index (χ1) is 14.4. The molecule has 164 valence electrons. The van der Waals surface area contributed by atoms with E-state index >= 15 is 0 Å². The molecule has 1 aliphatic rings. The van der Waals surface area contributed by atoms with Crippen LogP contribution in [0, 0.1) is 35.0 Å². The van der Waals surface area contributed by atoms with E-state index in [1.807, 2.05) is 13.0 Å². The summed E-state index contributed by atoms with van der Waals surface area (Å²) < 4.78 is 22.9. The van der Waals surface area contributed by atoms with Gasteiger partial charge in [-0.3, -0.25) is 4.79 Å². The molecule has 1 amide bonds. The number of primary amides is 1. The first-order valence-corrected chi connectivity index (χ1v) is 12.3. The summed E-state index contributed by atoms with van der Waals surface area (Å²) >= 11 is 1.20. The maximum Gasteiger partial charge on any atom is 0.238 e. The molecule has 31 heavy (non-hydrogen) atoms. The zero-order valence-electron chi connectivity index (χ0n) is 17.5. The van der Waals surface area contributed by atoms with Gasteiger partial charge in [-0.15, -0.1) is 11.3 Å². The molecule has 0 aliphatic heterocycles. The highest BCUT2D eigenvalue weighted by Crippen LogP contribution is 2.51. The third-order valence-corrected chi connectivity index (χ3v) is 8.99. The second-order valence-corrected chi connectivity index (χ2v) is 11.8. The van der Waals surface area contributed by atoms with Crippen molar-refractivity contribution in [1.29, 1.82) is 0 Å². The van der Waals surface area contributed by atoms with E-state index < -0.39 is 26.6 Å². The second-order valence-electron chi connectivity index (χ2n) is 8.32. The molecule has 1 heterocycles. The molecule has 3 rings (SSSR count). The summed E-state index contributed by atoms with van der Waals surface area (Å²) in [5.41, 5.74) is 6.50. The number of rotatable bonds is 6. The van der Waals surface area contributed by atoms with Gasteiger partial charge in [0.25, 0.3) is 0 Å². The number of carbonyl (C=O) groups excluding carboxylic acids is 1. The topological polar surface area (TPSA) is 131 Å². The lowest BCUT2D eigenvalue weighted by Gasteiger charge is -2.25. The Balaban J connectivity index is 1.79. The highest BCUT2D eigenvalue weighted by Gasteiger charge is 2.48. The third-order valence-electron chi connectivity index (χ3n) is 5.86. The summed E-state index contributed by atoms with van der Waals surface area (Å²) in [5, 5.41) is 20.0. The highest BCUT2D eigenvalue weighted by atomic mass is 32.2. The van der Waals surface area contributed by atoms with E-state index in [1.54, 1.807) is 12.1 Å². The molecule has 2 unspecified atom stereocenters. The number of hydrogen-bond donors (Lipinski definition) is 3. The molecule has 7 nitrogen and oxygen atoms in total. The van der Waals surface area contributed by atoms with Crippen LogP contribution in [0.4, 0.5) is 0 Å². The van der Waals surface area contributed by atoms with Crippen LogP contribution in [-0.4, -0.2) is 47.1 Å². The molecular formula is C22H24N2O5S2. The largest absolute Gasteiger partial charge is 0.396 e. The molecule has 1 saturated carbocycles. The van der Waals surface area contributed by atoms with Crippen LogP contribution in [0.3, 0.4) is 0 Å². The van der Waals surface area contributed by atoms with Crippen molar-refractivity contribution in [1.82, 2.24) is 4.98 Å². The molecule has 4 N–H and O–H groups in total. The molecule has 9 heteroatoms. The molecule has 1 fully saturated rings. The van der Waals surface area contributed by atoms with Gasteiger partial charge in [0, 0.05) is 30.3 Å². The van der Waals surface area contributed by atoms with Crippen molar-refractivity contribution in [2.24, 2.45) is 17.1 Å². The number of fused-ring (bicyclic) bond motifs is 1. The maximum absolute atomic E-state index is 12.0. The van der Waals surface area contributed by atoms with Gasteiger partial charge in [0.2, 0.25) is 5.91 Å². The lowest BCUT2D eigenvalue weighted by Crippen LogP contribution is -2.48. The first-order valence-electron chi connectivity index (χ1n) is 9.62. The number of amides is 1. The standard InChI is InChI=1S/C22H24N2O5S2/c1-21(11-15(21)13-25)9-5-4-6-14-7-8-16-18(10-14)30-19(24-16)17(26)12-22(2,20(23)27)31(3,28)29/h7-8,10,15,17,25-26H,11-13H2,1-3H3,(H2,23,27)/t15-,17?,21+,22?/m0/s1. The molecule has 1 aliphatic carbocycles. The number of benzene rings is 1. The van der Waals surface area contributed by atoms with E-state index in [0.29, 0.717) is 10.5 Å². The van der Waals surface area contributed by atoms with Crippen LogP contribution in [0.25, 0.3) is 10.2 Å². The van der Waals surface area contributed by atoms with Crippen LogP contribution in [0.2, 0.25) is 0 Å². The van der Waals surface area contributed by atoms with Crippen LogP contribution in [-0.2, 0) is 14.6 Å². The Morgan fingerprint density at radius 2 is 2.16 bits per heavy atom. The molecular weight excluding hydrogens is 436 g/mol. The molecule has 4 atom stereocenters. The fourth-order valence-electron chi connectivity index (χ4n) is 3.20. The third kappa shape index (κ3) is 4.76. The van der Waals surface area contributed by atoms with Gasteiger partial charge in [0.15, 0.2) is 9.84 Å². The zero-order chi connectivity index (χ0) is 23.0. The fraction of sp³-hybridized carbons (Fsp3) is 0.455. The average molecular weight is 461 g/mol. The molecule has 0 spiro atoms. The Kier molecular flexibility index (Phi) is 6.18. The summed E-state index contributed by atoms with van der Waals surface area (Å²) in [6, 6.07) is 5.36. The quantitative estimate of drug-likeness (QED) is 0.558. The highest BCUT2D eigenvalue weighted by molar-refractivity contribution is 7.92. The fourth-order valence-corrected chi connectivity index (χ4v) is 5.02. The van der Waals surface area contributed by atoms with Crippen LogP contribution >= 0.6 is 11.3 Å². The van der Waals surface area contributed by atoms with Crippen molar-refractivity contribution in [3.63, 3.8) is 0 Å². The first kappa shape index (κ1) is 23.2. The van der Waals surface area contributed by atoms with Crippen molar-refractivity contribution in [2.45, 2.75) is 37.5 Å². The number of carbonyl (C=O) groups is 1. The molecule has 2 aromatic rings. The van der Waals surface area contributed by atoms with Gasteiger partial charge in [-0.05, 0) is 56.2 Å². The second kappa shape index (κ2) is 8.25. The summed E-state index contributed by atoms with van der Waals surface area (Å²) in [7, 11) is -3.83. The van der Waals surface area contributed by atoms with Crippen molar-refractivity contribution in [2.75, 3.05) is 12.9 Å². The number of nitrogens with zero attached hydrogens (tertiary/aromatic N) is 1. The van der Waals surface area contributed by atoms with Crippen LogP contribution in [0.5, 0.6) is 0 Å². The lowest BCUT2D eigenvalue weighted by atomic mass is 10.0. The normalized spacial score (nSPS) is 23.1. The number of aromatic nitrogens is 1. The SMILES string of the molecule is CC(CC(O)c1nc2ccc(C#CC#C[C@]3(C)C[C@H]3CO)cc2s1)(C(N)=O)S(C)(=O)=O. The minimum Gasteiger partial charge on any atom is -0.396 e. The van der Waals surface area contributed by atoms with Crippen LogP contribution < -0.4 is 5.73 Å². The predicted octanol–water partition coefficient (Wildman–Crippen LogP) is 1.38. The monoisotopic (exact) mass is 460 g/mol. The maximum atomic E-state index is 12.0. The van der Waals surface area contributed by atoms with Gasteiger partial charge in [0.1, 0.15) is 15.9 Å². The van der Waals surface area contributed by atoms with Gasteiger partial charge in [-0.2, -0.15) is 0 Å². The van der Waals surface area contributed by atoms with Crippen LogP contribution in [0.1, 0.15) is 43.4 Å². The van der Waals surface area contributed by atoms with Crippen molar-refractivity contribution < 1.29 is 23.4 Å². The van der Waals surface area contributed by atoms with Crippen molar-refractivity contribution in [3.05, 3.63) is 28.8 Å². The molecule has 0 saturated heterocycles. The van der Waals surface area contributed by atoms with Crippen molar-refractivity contribution >= 4 is 37.3 Å². The Labute approximate surface area is 185 Å². The summed E-state index contributed by atoms with van der Waals surface area (Å²) in [6.45, 7) is 3.35. The number of thiazole rings is 1. The van der Waals surface area contributed by atoms with E-state index in [2.05, 4.69) is 28.7 Å². The predicted molar refractivity (Wildman–Crippen MR) is 120 cm³/mol. The Morgan fingerprint density at radius 3 is 2.74 bits per heavy atom. The van der Waals surface area contributed by atoms with E-state index in [1.165, 1.54) is 18.3 Å². The molecule has 1 aromatic carbocycles. The number of sulfone groups is 1. The van der Waals surface area contributed by atoms with E-state index in [9.17, 15) is 18.3 Å². The van der Waals surface area contributed by atoms with Gasteiger partial charge in [0.05, 0.1) is 10.2 Å². The molecule has 0 radical (unpaired) electrons. The zero-order valence-corrected chi connectivity index (χ0v) is 19.1. The van der Waals surface area contributed by atoms with Crippen LogP contribution in [0.15, 0.2) is 18.2 Å². The number of aliphatic hydroxyl groups is 2. The smallest absolute Gasteiger partial charge is 0.238 e. The van der Waals surface area contributed by atoms with E-state index in [4.69, 9.17) is 10.8 Å². The lowest BCUT2D eigenvalue weighted by molar-refractivity contribution is -0.120. The number of hydrogen-bond acceptors (Lipinski definition) is 7. The van der Waals surface area contributed by atoms with Gasteiger partial charge >= 0.3 is 0 Å². The van der Waals surface area contributed by atoms with E-state index in [-0.39, 0.29) is 24.4 Å². The average Bonchev–Trinajstić information content (AvgIpc) is 3.15. The Bertz CT molecular complexity index is 1260. The minimum atomic E-state index is -3.83. The Hall–Kier alpha value is -2.43. The summed E-state index contributed by atoms with van der Waals surface area (Å²) in [4.78, 5) is 16.1. The molecule has 0 bridgehead atoms. The minimum absolute atomic E-state index is 0.137. The van der Waals surface area contributed by atoms with E-state index in [0.717, 1.165) is 22.9 Å². The number of aliphatic hydroxyl groups excluding tert-OH is 2. The van der Waals surface area contributed by atoms with Gasteiger partial charge in [-0.1, -0.05) is 11.8 Å². The summed E-state index contributed by atoms with van der Waals surface area (Å²) in [5.74, 6) is 10.9. The Morgan fingerprint density at radius 1 is 1.45 bits per heavy atom. The summed E-state index contributed by atoms with van der Waals surface area (Å²) in [6.07, 6.45) is 0.162. The van der Waals surface area contributed by atoms with Gasteiger partial charge < -0.3 is 15.9 Å². The van der Waals surface area contributed by atoms with Gasteiger partial charge in [-0.25, -0.2) is 13.4 Å². The number of nitrogens with two attached hydrogens (primary N) is 1. The molecule has 1 aromatic heterocycles. The van der Waals surface area contributed by atoms with Crippen molar-refractivity contribution in [3.8, 4) is 23.7 Å².